The lowest BCUT2D eigenvalue weighted by molar-refractivity contribution is -0.113. The number of ether oxygens (including phenoxy) is 1. The van der Waals surface area contributed by atoms with E-state index in [0.29, 0.717) is 24.2 Å². The minimum absolute atomic E-state index is 0.151. The molecule has 3 aromatic rings. The Morgan fingerprint density at radius 2 is 1.60 bits per heavy atom. The van der Waals surface area contributed by atoms with Crippen LogP contribution in [0.1, 0.15) is 15.9 Å². The highest BCUT2D eigenvalue weighted by atomic mass is 32.2. The van der Waals surface area contributed by atoms with Gasteiger partial charge in [0, 0.05) is 11.4 Å². The zero-order chi connectivity index (χ0) is 21.2. The van der Waals surface area contributed by atoms with E-state index in [-0.39, 0.29) is 17.6 Å². The van der Waals surface area contributed by atoms with Gasteiger partial charge in [0.15, 0.2) is 0 Å². The van der Waals surface area contributed by atoms with Crippen LogP contribution < -0.4 is 15.4 Å². The van der Waals surface area contributed by atoms with Gasteiger partial charge in [-0.15, -0.1) is 11.8 Å². The van der Waals surface area contributed by atoms with Crippen LogP contribution in [0.15, 0.2) is 83.8 Å². The van der Waals surface area contributed by atoms with Gasteiger partial charge in [-0.1, -0.05) is 42.5 Å². The molecule has 0 aliphatic heterocycles. The summed E-state index contributed by atoms with van der Waals surface area (Å²) >= 11 is 1.45. The third kappa shape index (κ3) is 6.39. The van der Waals surface area contributed by atoms with Crippen molar-refractivity contribution >= 4 is 29.3 Å². The topological polar surface area (TPSA) is 67.4 Å². The average molecular weight is 421 g/mol. The number of benzene rings is 3. The fraction of sp³-hybridized carbons (Fsp3) is 0.167. The molecule has 2 amide bonds. The Kier molecular flexibility index (Phi) is 7.92. The van der Waals surface area contributed by atoms with Crippen molar-refractivity contribution in [1.82, 2.24) is 5.32 Å². The molecule has 0 saturated heterocycles. The van der Waals surface area contributed by atoms with Crippen LogP contribution in [0.25, 0.3) is 0 Å². The lowest BCUT2D eigenvalue weighted by atomic mass is 10.1. The number of thioether (sulfide) groups is 1. The normalized spacial score (nSPS) is 10.3. The van der Waals surface area contributed by atoms with Gasteiger partial charge in [-0.3, -0.25) is 9.59 Å². The van der Waals surface area contributed by atoms with Gasteiger partial charge in [-0.25, -0.2) is 0 Å². The van der Waals surface area contributed by atoms with Crippen molar-refractivity contribution in [2.24, 2.45) is 0 Å². The van der Waals surface area contributed by atoms with E-state index in [2.05, 4.69) is 10.6 Å². The van der Waals surface area contributed by atoms with E-state index in [1.165, 1.54) is 11.8 Å². The molecule has 0 aliphatic carbocycles. The predicted octanol–water partition coefficient (Wildman–Crippen LogP) is 4.40. The Morgan fingerprint density at radius 3 is 2.33 bits per heavy atom. The highest BCUT2D eigenvalue weighted by Gasteiger charge is 2.13. The second-order valence-electron chi connectivity index (χ2n) is 6.55. The highest BCUT2D eigenvalue weighted by Crippen LogP contribution is 2.19. The van der Waals surface area contributed by atoms with Gasteiger partial charge in [-0.2, -0.15) is 0 Å². The number of methoxy groups -OCH3 is 1. The van der Waals surface area contributed by atoms with Crippen LogP contribution in [-0.4, -0.2) is 31.2 Å². The summed E-state index contributed by atoms with van der Waals surface area (Å²) in [5.74, 6) is 0.715. The largest absolute Gasteiger partial charge is 0.497 e. The number of carbonyl (C=O) groups excluding carboxylic acids is 2. The van der Waals surface area contributed by atoms with Crippen molar-refractivity contribution < 1.29 is 14.3 Å². The van der Waals surface area contributed by atoms with Crippen molar-refractivity contribution in [3.8, 4) is 5.75 Å². The van der Waals surface area contributed by atoms with E-state index in [4.69, 9.17) is 4.74 Å². The summed E-state index contributed by atoms with van der Waals surface area (Å²) in [6, 6.07) is 24.5. The maximum Gasteiger partial charge on any atom is 0.253 e. The molecule has 0 spiro atoms. The fourth-order valence-electron chi connectivity index (χ4n) is 2.85. The number of carbonyl (C=O) groups is 2. The first kappa shape index (κ1) is 21.5. The Hall–Kier alpha value is -3.25. The number of nitrogens with one attached hydrogen (secondary N) is 2. The summed E-state index contributed by atoms with van der Waals surface area (Å²) < 4.78 is 5.15. The van der Waals surface area contributed by atoms with Gasteiger partial charge in [0.1, 0.15) is 5.75 Å². The summed E-state index contributed by atoms with van der Waals surface area (Å²) in [5, 5.41) is 5.77. The van der Waals surface area contributed by atoms with Gasteiger partial charge >= 0.3 is 0 Å². The van der Waals surface area contributed by atoms with Crippen LogP contribution in [0, 0.1) is 0 Å². The standard InChI is InChI=1S/C24H24N2O3S/c1-29-19-13-11-18(12-14-19)15-16-25-24(28)21-9-5-6-10-22(21)26-23(27)17-30-20-7-3-2-4-8-20/h2-14H,15-17H2,1H3,(H,25,28)(H,26,27). The molecule has 5 nitrogen and oxygen atoms in total. The summed E-state index contributed by atoms with van der Waals surface area (Å²) in [6.07, 6.45) is 0.706. The zero-order valence-corrected chi connectivity index (χ0v) is 17.6. The van der Waals surface area contributed by atoms with Crippen LogP contribution >= 0.6 is 11.8 Å². The van der Waals surface area contributed by atoms with Crippen LogP contribution in [0.2, 0.25) is 0 Å². The second-order valence-corrected chi connectivity index (χ2v) is 7.60. The molecule has 3 aromatic carbocycles. The number of para-hydroxylation sites is 1. The highest BCUT2D eigenvalue weighted by molar-refractivity contribution is 8.00. The van der Waals surface area contributed by atoms with Crippen molar-refractivity contribution in [3.63, 3.8) is 0 Å². The number of hydrogen-bond donors (Lipinski definition) is 2. The number of amides is 2. The maximum atomic E-state index is 12.6. The van der Waals surface area contributed by atoms with Gasteiger partial charge < -0.3 is 15.4 Å². The molecule has 0 unspecified atom stereocenters. The summed E-state index contributed by atoms with van der Waals surface area (Å²) in [6.45, 7) is 0.497. The van der Waals surface area contributed by atoms with Crippen molar-refractivity contribution in [2.75, 3.05) is 24.7 Å². The molecule has 154 valence electrons. The Labute approximate surface area is 180 Å². The van der Waals surface area contributed by atoms with Crippen LogP contribution in [0.3, 0.4) is 0 Å². The predicted molar refractivity (Wildman–Crippen MR) is 121 cm³/mol. The van der Waals surface area contributed by atoms with Crippen molar-refractivity contribution in [1.29, 1.82) is 0 Å². The molecule has 2 N–H and O–H groups in total. The summed E-state index contributed by atoms with van der Waals surface area (Å²) in [5.41, 5.74) is 2.07. The molecule has 30 heavy (non-hydrogen) atoms. The van der Waals surface area contributed by atoms with E-state index in [1.807, 2.05) is 54.6 Å². The van der Waals surface area contributed by atoms with Crippen molar-refractivity contribution in [2.45, 2.75) is 11.3 Å². The lowest BCUT2D eigenvalue weighted by Gasteiger charge is -2.12. The third-order valence-electron chi connectivity index (χ3n) is 4.42. The smallest absolute Gasteiger partial charge is 0.253 e. The van der Waals surface area contributed by atoms with Gasteiger partial charge in [-0.05, 0) is 48.4 Å². The minimum Gasteiger partial charge on any atom is -0.497 e. The molecule has 3 rings (SSSR count). The molecule has 0 atom stereocenters. The molecule has 6 heteroatoms. The minimum atomic E-state index is -0.213. The molecule has 0 fully saturated rings. The zero-order valence-electron chi connectivity index (χ0n) is 16.8. The van der Waals surface area contributed by atoms with E-state index in [9.17, 15) is 9.59 Å². The van der Waals surface area contributed by atoms with E-state index < -0.39 is 0 Å². The van der Waals surface area contributed by atoms with Crippen LogP contribution in [-0.2, 0) is 11.2 Å². The quantitative estimate of drug-likeness (QED) is 0.504. The monoisotopic (exact) mass is 420 g/mol. The average Bonchev–Trinajstić information content (AvgIpc) is 2.79. The van der Waals surface area contributed by atoms with Crippen molar-refractivity contribution in [3.05, 3.63) is 90.0 Å². The number of hydrogen-bond acceptors (Lipinski definition) is 4. The fourth-order valence-corrected chi connectivity index (χ4v) is 3.57. The first-order chi connectivity index (χ1) is 14.7. The Bertz CT molecular complexity index is 975. The summed E-state index contributed by atoms with van der Waals surface area (Å²) in [7, 11) is 1.63. The molecule has 0 aromatic heterocycles. The molecular weight excluding hydrogens is 396 g/mol. The van der Waals surface area contributed by atoms with Gasteiger partial charge in [0.25, 0.3) is 5.91 Å². The molecular formula is C24H24N2O3S. The molecule has 0 saturated carbocycles. The maximum absolute atomic E-state index is 12.6. The van der Waals surface area contributed by atoms with E-state index >= 15 is 0 Å². The van der Waals surface area contributed by atoms with E-state index in [0.717, 1.165) is 16.2 Å². The summed E-state index contributed by atoms with van der Waals surface area (Å²) in [4.78, 5) is 26.0. The molecule has 0 radical (unpaired) electrons. The molecule has 0 aliphatic rings. The molecule has 0 heterocycles. The SMILES string of the molecule is COc1ccc(CCNC(=O)c2ccccc2NC(=O)CSc2ccccc2)cc1. The first-order valence-corrected chi connectivity index (χ1v) is 10.6. The van der Waals surface area contributed by atoms with Crippen LogP contribution in [0.4, 0.5) is 5.69 Å². The van der Waals surface area contributed by atoms with E-state index in [1.54, 1.807) is 31.4 Å². The van der Waals surface area contributed by atoms with Crippen LogP contribution in [0.5, 0.6) is 5.75 Å². The van der Waals surface area contributed by atoms with Gasteiger partial charge in [0.05, 0.1) is 24.1 Å². The number of anilines is 1. The third-order valence-corrected chi connectivity index (χ3v) is 5.43. The lowest BCUT2D eigenvalue weighted by Crippen LogP contribution is -2.27. The second kappa shape index (κ2) is 11.1. The molecule has 0 bridgehead atoms. The Morgan fingerprint density at radius 1 is 0.900 bits per heavy atom. The first-order valence-electron chi connectivity index (χ1n) is 9.63. The Balaban J connectivity index is 1.52. The number of rotatable bonds is 9. The van der Waals surface area contributed by atoms with Gasteiger partial charge in [0.2, 0.25) is 5.91 Å².